The van der Waals surface area contributed by atoms with Gasteiger partial charge in [0.2, 0.25) is 0 Å². The summed E-state index contributed by atoms with van der Waals surface area (Å²) in [5.74, 6) is -0.338. The van der Waals surface area contributed by atoms with Gasteiger partial charge in [0.05, 0.1) is 0 Å². The number of carbonyl (C=O) groups is 1. The number of hydrogen-bond donors (Lipinski definition) is 0. The van der Waals surface area contributed by atoms with Gasteiger partial charge in [-0.1, -0.05) is 18.2 Å². The lowest BCUT2D eigenvalue weighted by atomic mass is 10.0. The number of Topliss-reactive ketones (excluding diaryl/α,β-unsaturated/α-hetero) is 1. The van der Waals surface area contributed by atoms with Gasteiger partial charge in [0.15, 0.2) is 5.78 Å². The van der Waals surface area contributed by atoms with Crippen LogP contribution in [0.5, 0.6) is 0 Å². The van der Waals surface area contributed by atoms with Crippen LogP contribution in [0.25, 0.3) is 0 Å². The number of ketones is 1. The lowest BCUT2D eigenvalue weighted by Gasteiger charge is -2.00. The first-order chi connectivity index (χ1) is 6.77. The van der Waals surface area contributed by atoms with E-state index < -0.39 is 0 Å². The molecule has 70 valence electrons. The lowest BCUT2D eigenvalue weighted by molar-refractivity contribution is 0.103. The summed E-state index contributed by atoms with van der Waals surface area (Å²) >= 11 is 0. The monoisotopic (exact) mass is 188 g/mol. The number of hydrogen-bond acceptors (Lipinski definition) is 1. The Kier molecular flexibility index (Phi) is 2.27. The molecule has 0 unspecified atom stereocenters. The summed E-state index contributed by atoms with van der Waals surface area (Å²) in [7, 11) is 0. The molecule has 0 aromatic heterocycles. The minimum absolute atomic E-state index is 0.0185. The van der Waals surface area contributed by atoms with Gasteiger partial charge in [0, 0.05) is 11.1 Å². The van der Waals surface area contributed by atoms with Crippen LogP contribution < -0.4 is 0 Å². The highest BCUT2D eigenvalue weighted by Crippen LogP contribution is 2.16. The molecule has 0 atom stereocenters. The van der Waals surface area contributed by atoms with Gasteiger partial charge in [-0.3, -0.25) is 4.79 Å². The van der Waals surface area contributed by atoms with Gasteiger partial charge < -0.3 is 0 Å². The van der Waals surface area contributed by atoms with Crippen molar-refractivity contribution in [2.45, 2.75) is 6.42 Å². The second-order valence-electron chi connectivity index (χ2n) is 3.16. The van der Waals surface area contributed by atoms with Crippen molar-refractivity contribution in [2.75, 3.05) is 0 Å². The Morgan fingerprint density at radius 1 is 1.21 bits per heavy atom. The first-order valence-corrected chi connectivity index (χ1v) is 4.43. The fraction of sp³-hybridized carbons (Fsp3) is 0.0833. The Labute approximate surface area is 81.6 Å². The molecule has 14 heavy (non-hydrogen) atoms. The molecule has 1 aliphatic rings. The fourth-order valence-corrected chi connectivity index (χ4v) is 1.40. The predicted octanol–water partition coefficient (Wildman–Crippen LogP) is 2.89. The standard InChI is InChI=1S/C12H9FO/c13-11-7-5-10(6-8-11)12(14)9-3-1-2-4-9/h1-3,5-8H,4H2. The number of rotatable bonds is 2. The van der Waals surface area contributed by atoms with Crippen LogP contribution in [0.3, 0.4) is 0 Å². The first kappa shape index (κ1) is 8.88. The number of benzene rings is 1. The third-order valence-electron chi connectivity index (χ3n) is 2.17. The van der Waals surface area contributed by atoms with Crippen molar-refractivity contribution in [1.29, 1.82) is 0 Å². The summed E-state index contributed by atoms with van der Waals surface area (Å²) in [6.07, 6.45) is 6.26. The summed E-state index contributed by atoms with van der Waals surface area (Å²) in [4.78, 5) is 11.7. The second kappa shape index (κ2) is 3.58. The van der Waals surface area contributed by atoms with Crippen LogP contribution in [0, 0.1) is 5.82 Å². The van der Waals surface area contributed by atoms with E-state index in [1.165, 1.54) is 24.3 Å². The Hall–Kier alpha value is -1.70. The number of halogens is 1. The van der Waals surface area contributed by atoms with E-state index >= 15 is 0 Å². The van der Waals surface area contributed by atoms with Crippen molar-refractivity contribution in [2.24, 2.45) is 0 Å². The SMILES string of the molecule is O=C(C1=CC=CC1)c1ccc(F)cc1. The van der Waals surface area contributed by atoms with E-state index in [1.54, 1.807) is 6.08 Å². The van der Waals surface area contributed by atoms with Crippen molar-refractivity contribution >= 4 is 5.78 Å². The van der Waals surface area contributed by atoms with Gasteiger partial charge in [-0.25, -0.2) is 4.39 Å². The van der Waals surface area contributed by atoms with E-state index in [4.69, 9.17) is 0 Å². The fourth-order valence-electron chi connectivity index (χ4n) is 1.40. The van der Waals surface area contributed by atoms with E-state index in [-0.39, 0.29) is 11.6 Å². The van der Waals surface area contributed by atoms with Gasteiger partial charge in [-0.2, -0.15) is 0 Å². The van der Waals surface area contributed by atoms with Crippen LogP contribution >= 0.6 is 0 Å². The highest BCUT2D eigenvalue weighted by Gasteiger charge is 2.12. The Balaban J connectivity index is 2.23. The van der Waals surface area contributed by atoms with Crippen LogP contribution in [0.4, 0.5) is 4.39 Å². The maximum Gasteiger partial charge on any atom is 0.189 e. The van der Waals surface area contributed by atoms with Crippen LogP contribution in [0.15, 0.2) is 48.1 Å². The van der Waals surface area contributed by atoms with Crippen molar-refractivity contribution in [1.82, 2.24) is 0 Å². The van der Waals surface area contributed by atoms with Gasteiger partial charge in [0.1, 0.15) is 5.82 Å². The second-order valence-corrected chi connectivity index (χ2v) is 3.16. The zero-order valence-electron chi connectivity index (χ0n) is 7.53. The van der Waals surface area contributed by atoms with Gasteiger partial charge >= 0.3 is 0 Å². The zero-order valence-corrected chi connectivity index (χ0v) is 7.53. The summed E-state index contributed by atoms with van der Waals surface area (Å²) in [5, 5.41) is 0. The molecule has 0 saturated carbocycles. The summed E-state index contributed by atoms with van der Waals surface area (Å²) in [6, 6.07) is 5.62. The molecule has 0 radical (unpaired) electrons. The third-order valence-corrected chi connectivity index (χ3v) is 2.17. The molecular formula is C12H9FO. The van der Waals surface area contributed by atoms with E-state index in [0.717, 1.165) is 5.57 Å². The lowest BCUT2D eigenvalue weighted by Crippen LogP contribution is -2.01. The molecule has 2 heteroatoms. The quantitative estimate of drug-likeness (QED) is 0.652. The number of carbonyl (C=O) groups excluding carboxylic acids is 1. The molecule has 2 rings (SSSR count). The Morgan fingerprint density at radius 2 is 1.93 bits per heavy atom. The molecule has 0 fully saturated rings. The highest BCUT2D eigenvalue weighted by molar-refractivity contribution is 6.09. The van der Waals surface area contributed by atoms with Crippen LogP contribution in [-0.4, -0.2) is 5.78 Å². The van der Waals surface area contributed by atoms with E-state index in [0.29, 0.717) is 12.0 Å². The molecule has 0 amide bonds. The zero-order chi connectivity index (χ0) is 9.97. The largest absolute Gasteiger partial charge is 0.289 e. The van der Waals surface area contributed by atoms with Crippen LogP contribution in [0.2, 0.25) is 0 Å². The van der Waals surface area contributed by atoms with Crippen molar-refractivity contribution < 1.29 is 9.18 Å². The summed E-state index contributed by atoms with van der Waals surface area (Å²) < 4.78 is 12.6. The smallest absolute Gasteiger partial charge is 0.189 e. The first-order valence-electron chi connectivity index (χ1n) is 4.43. The average molecular weight is 188 g/mol. The van der Waals surface area contributed by atoms with Gasteiger partial charge in [-0.05, 0) is 30.7 Å². The molecule has 0 aliphatic heterocycles. The van der Waals surface area contributed by atoms with Crippen LogP contribution in [0.1, 0.15) is 16.8 Å². The summed E-state index contributed by atoms with van der Waals surface area (Å²) in [6.45, 7) is 0. The van der Waals surface area contributed by atoms with Crippen LogP contribution in [-0.2, 0) is 0 Å². The highest BCUT2D eigenvalue weighted by atomic mass is 19.1. The topological polar surface area (TPSA) is 17.1 Å². The molecule has 0 heterocycles. The minimum atomic E-state index is -0.319. The Morgan fingerprint density at radius 3 is 2.50 bits per heavy atom. The molecule has 0 spiro atoms. The maximum atomic E-state index is 12.6. The molecule has 1 aliphatic carbocycles. The molecule has 0 bridgehead atoms. The van der Waals surface area contributed by atoms with Gasteiger partial charge in [-0.15, -0.1) is 0 Å². The van der Waals surface area contributed by atoms with Gasteiger partial charge in [0.25, 0.3) is 0 Å². The molecule has 1 aromatic rings. The molecule has 0 N–H and O–H groups in total. The van der Waals surface area contributed by atoms with E-state index in [9.17, 15) is 9.18 Å². The molecule has 1 nitrogen and oxygen atoms in total. The molecule has 1 aromatic carbocycles. The van der Waals surface area contributed by atoms with Crippen molar-refractivity contribution in [3.63, 3.8) is 0 Å². The van der Waals surface area contributed by atoms with E-state index in [1.807, 2.05) is 12.2 Å². The minimum Gasteiger partial charge on any atom is -0.289 e. The maximum absolute atomic E-state index is 12.6. The van der Waals surface area contributed by atoms with Crippen molar-refractivity contribution in [3.05, 3.63) is 59.4 Å². The molecular weight excluding hydrogens is 179 g/mol. The Bertz CT molecular complexity index is 412. The average Bonchev–Trinajstić information content (AvgIpc) is 2.71. The van der Waals surface area contributed by atoms with Crippen molar-refractivity contribution in [3.8, 4) is 0 Å². The molecule has 0 saturated heterocycles. The third kappa shape index (κ3) is 1.64. The predicted molar refractivity (Wildman–Crippen MR) is 52.6 cm³/mol. The number of allylic oxidation sites excluding steroid dienone is 4. The summed E-state index contributed by atoms with van der Waals surface area (Å²) in [5.41, 5.74) is 1.30. The normalized spacial score (nSPS) is 14.2. The van der Waals surface area contributed by atoms with E-state index in [2.05, 4.69) is 0 Å².